The van der Waals surface area contributed by atoms with Crippen LogP contribution in [0.5, 0.6) is 5.75 Å². The highest BCUT2D eigenvalue weighted by atomic mass is 16.5. The number of hydrogen-bond acceptors (Lipinski definition) is 4. The summed E-state index contributed by atoms with van der Waals surface area (Å²) in [4.78, 5) is 10.7. The first-order valence-electron chi connectivity index (χ1n) is 14.6. The van der Waals surface area contributed by atoms with E-state index in [1.54, 1.807) is 0 Å². The number of ether oxygens (including phenoxy) is 1. The predicted octanol–water partition coefficient (Wildman–Crippen LogP) is 7.03. The van der Waals surface area contributed by atoms with Gasteiger partial charge in [-0.05, 0) is 99.1 Å². The van der Waals surface area contributed by atoms with E-state index in [4.69, 9.17) is 9.84 Å². The van der Waals surface area contributed by atoms with Crippen molar-refractivity contribution in [3.63, 3.8) is 0 Å². The van der Waals surface area contributed by atoms with Crippen molar-refractivity contribution >= 4 is 5.97 Å². The molecule has 38 heavy (non-hydrogen) atoms. The van der Waals surface area contributed by atoms with E-state index in [2.05, 4.69) is 51.1 Å². The summed E-state index contributed by atoms with van der Waals surface area (Å²) in [6.07, 6.45) is 9.32. The number of carbonyl (C=O) groups is 1. The van der Waals surface area contributed by atoms with Gasteiger partial charge in [0.15, 0.2) is 0 Å². The second kappa shape index (κ2) is 13.6. The SMILES string of the molecule is CCC(CC)(c1ccc(CCC2(O)CCCCC2)c(C)c1)c1ccc(OC[C@H](O)CCCC(=O)O)c(C)c1. The van der Waals surface area contributed by atoms with Crippen LogP contribution >= 0.6 is 0 Å². The molecule has 0 aliphatic heterocycles. The third-order valence-corrected chi connectivity index (χ3v) is 8.83. The van der Waals surface area contributed by atoms with Crippen LogP contribution in [0.3, 0.4) is 0 Å². The molecule has 2 aromatic carbocycles. The van der Waals surface area contributed by atoms with Gasteiger partial charge in [-0.1, -0.05) is 63.4 Å². The van der Waals surface area contributed by atoms with E-state index in [9.17, 15) is 15.0 Å². The van der Waals surface area contributed by atoms with Crippen LogP contribution in [0.15, 0.2) is 36.4 Å². The maximum Gasteiger partial charge on any atom is 0.303 e. The molecule has 5 nitrogen and oxygen atoms in total. The number of carboxylic acids is 1. The number of carboxylic acid groups (broad SMARTS) is 1. The number of benzene rings is 2. The van der Waals surface area contributed by atoms with Crippen molar-refractivity contribution in [2.75, 3.05) is 6.61 Å². The van der Waals surface area contributed by atoms with Crippen molar-refractivity contribution < 1.29 is 24.9 Å². The van der Waals surface area contributed by atoms with Crippen LogP contribution in [0, 0.1) is 13.8 Å². The fourth-order valence-corrected chi connectivity index (χ4v) is 6.20. The standard InChI is InChI=1S/C33H48O5/c1-5-33(6-2,27-14-13-26(24(3)21-27)17-20-32(37)18-8-7-9-19-32)28-15-16-30(25(4)22-28)38-23-29(34)11-10-12-31(35)36/h13-16,21-22,29,34,37H,5-12,17-20,23H2,1-4H3,(H,35,36)/t29-/m1/s1. The van der Waals surface area contributed by atoms with Crippen LogP contribution in [0.25, 0.3) is 0 Å². The quantitative estimate of drug-likeness (QED) is 0.247. The van der Waals surface area contributed by atoms with E-state index in [1.165, 1.54) is 28.7 Å². The van der Waals surface area contributed by atoms with Crippen LogP contribution < -0.4 is 4.74 Å². The summed E-state index contributed by atoms with van der Waals surface area (Å²) in [6.45, 7) is 8.89. The van der Waals surface area contributed by atoms with E-state index < -0.39 is 17.7 Å². The van der Waals surface area contributed by atoms with Crippen molar-refractivity contribution in [2.45, 2.75) is 122 Å². The zero-order chi connectivity index (χ0) is 27.8. The second-order valence-electron chi connectivity index (χ2n) is 11.4. The Labute approximate surface area is 229 Å². The first-order chi connectivity index (χ1) is 18.1. The van der Waals surface area contributed by atoms with E-state index in [0.29, 0.717) is 12.8 Å². The molecule has 0 unspecified atom stereocenters. The van der Waals surface area contributed by atoms with Crippen molar-refractivity contribution in [1.29, 1.82) is 0 Å². The van der Waals surface area contributed by atoms with E-state index >= 15 is 0 Å². The van der Waals surface area contributed by atoms with Crippen molar-refractivity contribution in [1.82, 2.24) is 0 Å². The maximum absolute atomic E-state index is 11.0. The van der Waals surface area contributed by atoms with Crippen molar-refractivity contribution in [3.8, 4) is 5.75 Å². The molecule has 210 valence electrons. The molecule has 1 atom stereocenters. The molecule has 1 saturated carbocycles. The zero-order valence-corrected chi connectivity index (χ0v) is 23.9. The van der Waals surface area contributed by atoms with Crippen LogP contribution in [0.2, 0.25) is 0 Å². The van der Waals surface area contributed by atoms with Crippen molar-refractivity contribution in [3.05, 3.63) is 64.2 Å². The molecule has 0 radical (unpaired) electrons. The molecule has 3 N–H and O–H groups in total. The summed E-state index contributed by atoms with van der Waals surface area (Å²) in [5.74, 6) is -0.0953. The average Bonchev–Trinajstić information content (AvgIpc) is 2.89. The molecule has 1 aliphatic rings. The number of aliphatic hydroxyl groups is 2. The number of rotatable bonds is 14. The van der Waals surface area contributed by atoms with Gasteiger partial charge in [0.2, 0.25) is 0 Å². The van der Waals surface area contributed by atoms with Crippen molar-refractivity contribution in [2.24, 2.45) is 0 Å². The number of aliphatic hydroxyl groups excluding tert-OH is 1. The molecule has 0 heterocycles. The molecule has 0 amide bonds. The third-order valence-electron chi connectivity index (χ3n) is 8.83. The van der Waals surface area contributed by atoms with E-state index in [0.717, 1.165) is 62.7 Å². The highest BCUT2D eigenvalue weighted by Crippen LogP contribution is 2.41. The second-order valence-corrected chi connectivity index (χ2v) is 11.4. The van der Waals surface area contributed by atoms with Crippen LogP contribution in [-0.2, 0) is 16.6 Å². The number of aryl methyl sites for hydroxylation is 3. The third kappa shape index (κ3) is 7.60. The lowest BCUT2D eigenvalue weighted by atomic mass is 9.69. The summed E-state index contributed by atoms with van der Waals surface area (Å²) >= 11 is 0. The monoisotopic (exact) mass is 524 g/mol. The Balaban J connectivity index is 1.72. The van der Waals surface area contributed by atoms with E-state index in [1.807, 2.05) is 13.0 Å². The summed E-state index contributed by atoms with van der Waals surface area (Å²) in [5.41, 5.74) is 5.64. The first kappa shape index (κ1) is 30.2. The van der Waals surface area contributed by atoms with Gasteiger partial charge in [-0.3, -0.25) is 4.79 Å². The lowest BCUT2D eigenvalue weighted by Crippen LogP contribution is -2.31. The van der Waals surface area contributed by atoms with Gasteiger partial charge in [0.1, 0.15) is 12.4 Å². The molecule has 0 spiro atoms. The van der Waals surface area contributed by atoms with Crippen LogP contribution in [0.1, 0.15) is 112 Å². The van der Waals surface area contributed by atoms with Gasteiger partial charge in [-0.15, -0.1) is 0 Å². The Morgan fingerprint density at radius 3 is 2.21 bits per heavy atom. The summed E-state index contributed by atoms with van der Waals surface area (Å²) in [6, 6.07) is 13.3. The van der Waals surface area contributed by atoms with Gasteiger partial charge < -0.3 is 20.1 Å². The normalized spacial score (nSPS) is 16.3. The lowest BCUT2D eigenvalue weighted by molar-refractivity contribution is -0.137. The topological polar surface area (TPSA) is 87.0 Å². The van der Waals surface area contributed by atoms with Gasteiger partial charge in [0.25, 0.3) is 0 Å². The summed E-state index contributed by atoms with van der Waals surface area (Å²) in [7, 11) is 0. The Morgan fingerprint density at radius 2 is 1.63 bits per heavy atom. The molecule has 1 fully saturated rings. The fraction of sp³-hybridized carbons (Fsp3) is 0.606. The lowest BCUT2D eigenvalue weighted by Gasteiger charge is -2.35. The molecule has 0 aromatic heterocycles. The van der Waals surface area contributed by atoms with Gasteiger partial charge in [0.05, 0.1) is 11.7 Å². The molecular weight excluding hydrogens is 476 g/mol. The van der Waals surface area contributed by atoms with Gasteiger partial charge in [-0.25, -0.2) is 0 Å². The number of aliphatic carboxylic acids is 1. The largest absolute Gasteiger partial charge is 0.491 e. The molecule has 2 aromatic rings. The fourth-order valence-electron chi connectivity index (χ4n) is 6.20. The van der Waals surface area contributed by atoms with Gasteiger partial charge in [-0.2, -0.15) is 0 Å². The highest BCUT2D eigenvalue weighted by molar-refractivity contribution is 5.66. The Kier molecular flexibility index (Phi) is 10.8. The smallest absolute Gasteiger partial charge is 0.303 e. The minimum absolute atomic E-state index is 0.0591. The first-order valence-corrected chi connectivity index (χ1v) is 14.6. The summed E-state index contributed by atoms with van der Waals surface area (Å²) in [5, 5.41) is 29.9. The predicted molar refractivity (Wildman–Crippen MR) is 153 cm³/mol. The molecule has 0 saturated heterocycles. The average molecular weight is 525 g/mol. The molecule has 1 aliphatic carbocycles. The van der Waals surface area contributed by atoms with Gasteiger partial charge >= 0.3 is 5.97 Å². The molecule has 3 rings (SSSR count). The highest BCUT2D eigenvalue weighted by Gasteiger charge is 2.32. The minimum Gasteiger partial charge on any atom is -0.491 e. The van der Waals surface area contributed by atoms with Gasteiger partial charge in [0, 0.05) is 11.8 Å². The van der Waals surface area contributed by atoms with Crippen LogP contribution in [0.4, 0.5) is 0 Å². The molecule has 5 heteroatoms. The Bertz CT molecular complexity index is 1050. The zero-order valence-electron chi connectivity index (χ0n) is 23.9. The Hall–Kier alpha value is -2.37. The minimum atomic E-state index is -0.845. The maximum atomic E-state index is 11.0. The Morgan fingerprint density at radius 1 is 1.00 bits per heavy atom. The molecular formula is C33H48O5. The van der Waals surface area contributed by atoms with Crippen LogP contribution in [-0.4, -0.2) is 39.6 Å². The van der Waals surface area contributed by atoms with E-state index in [-0.39, 0.29) is 18.4 Å². The summed E-state index contributed by atoms with van der Waals surface area (Å²) < 4.78 is 5.90. The number of hydrogen-bond donors (Lipinski definition) is 3. The molecule has 0 bridgehead atoms.